The molecule has 0 saturated carbocycles. The van der Waals surface area contributed by atoms with Gasteiger partial charge in [0.1, 0.15) is 23.6 Å². The maximum absolute atomic E-state index is 13.7. The average molecular weight is 616 g/mol. The minimum absolute atomic E-state index is 0.0908. The van der Waals surface area contributed by atoms with Gasteiger partial charge < -0.3 is 44.3 Å². The van der Waals surface area contributed by atoms with Crippen LogP contribution in [0, 0.1) is 23.7 Å². The molecule has 2 fully saturated rings. The van der Waals surface area contributed by atoms with Crippen LogP contribution in [0.25, 0.3) is 0 Å². The molecule has 2 aliphatic heterocycles. The van der Waals surface area contributed by atoms with Crippen molar-refractivity contribution in [2.45, 2.75) is 135 Å². The normalized spacial score (nSPS) is 45.8. The summed E-state index contributed by atoms with van der Waals surface area (Å²) in [5.74, 6) is -4.62. The van der Waals surface area contributed by atoms with Gasteiger partial charge in [-0.1, -0.05) is 33.8 Å². The summed E-state index contributed by atoms with van der Waals surface area (Å²) < 4.78 is 24.6. The number of hydrogen-bond acceptors (Lipinski definition) is 11. The van der Waals surface area contributed by atoms with Crippen molar-refractivity contribution in [1.82, 2.24) is 4.90 Å². The first-order valence-electron chi connectivity index (χ1n) is 15.6. The Bertz CT molecular complexity index is 943. The Morgan fingerprint density at radius 2 is 1.65 bits per heavy atom. The fourth-order valence-electron chi connectivity index (χ4n) is 6.78. The van der Waals surface area contributed by atoms with Crippen LogP contribution < -0.4 is 0 Å². The number of ketones is 1. The van der Waals surface area contributed by atoms with E-state index in [1.165, 1.54) is 20.8 Å². The Hall–Kier alpha value is -1.44. The molecule has 0 aliphatic carbocycles. The zero-order valence-corrected chi connectivity index (χ0v) is 27.7. The average Bonchev–Trinajstić information content (AvgIpc) is 2.95. The standard InChI is InChI=1S/C32H57NO10/c1-12-14-40-31(8)16-17(3)24(34)19(5)27(37)32(9,39)23(13-2)42-29(38)21(7)25(35)20(6)28(31)43-30-26(36)22(33(10)11)15-18(4)41-30/h12,17-23,25-28,30,35-37,39H,1,13-16H2,2-11H3/t17-,18-,19+,20+,21-,22+,23-,25+,26-,27-,28-,30+,31-,32-/m1/s1. The van der Waals surface area contributed by atoms with E-state index < -0.39 is 77.7 Å². The van der Waals surface area contributed by atoms with Crippen molar-refractivity contribution in [1.29, 1.82) is 0 Å². The van der Waals surface area contributed by atoms with Crippen molar-refractivity contribution in [3.05, 3.63) is 12.7 Å². The van der Waals surface area contributed by atoms with Gasteiger partial charge in [-0.3, -0.25) is 9.59 Å². The molecule has 11 heteroatoms. The number of carbonyl (C=O) groups excluding carboxylic acids is 2. The largest absolute Gasteiger partial charge is 0.459 e. The van der Waals surface area contributed by atoms with E-state index >= 15 is 0 Å². The van der Waals surface area contributed by atoms with Gasteiger partial charge in [0.2, 0.25) is 0 Å². The molecule has 2 saturated heterocycles. The molecule has 0 aromatic carbocycles. The summed E-state index contributed by atoms with van der Waals surface area (Å²) in [5.41, 5.74) is -3.18. The smallest absolute Gasteiger partial charge is 0.311 e. The molecule has 0 spiro atoms. The third-order valence-corrected chi connectivity index (χ3v) is 9.59. The second kappa shape index (κ2) is 15.2. The molecule has 0 radical (unpaired) electrons. The molecule has 0 bridgehead atoms. The van der Waals surface area contributed by atoms with Crippen molar-refractivity contribution in [3.8, 4) is 0 Å². The van der Waals surface area contributed by atoms with E-state index in [1.54, 1.807) is 33.8 Å². The first kappa shape index (κ1) is 37.7. The lowest BCUT2D eigenvalue weighted by molar-refractivity contribution is -0.302. The maximum atomic E-state index is 13.7. The number of rotatable bonds is 7. The minimum Gasteiger partial charge on any atom is -0.459 e. The monoisotopic (exact) mass is 615 g/mol. The van der Waals surface area contributed by atoms with Crippen molar-refractivity contribution in [2.24, 2.45) is 23.7 Å². The number of carbonyl (C=O) groups is 2. The van der Waals surface area contributed by atoms with Crippen LogP contribution in [0.3, 0.4) is 0 Å². The number of likely N-dealkylation sites (N-methyl/N-ethyl adjacent to an activating group) is 1. The van der Waals surface area contributed by atoms with Gasteiger partial charge in [-0.15, -0.1) is 6.58 Å². The van der Waals surface area contributed by atoms with Crippen LogP contribution in [-0.4, -0.2) is 118 Å². The second-order valence-electron chi connectivity index (χ2n) is 13.5. The summed E-state index contributed by atoms with van der Waals surface area (Å²) in [4.78, 5) is 29.0. The molecule has 2 aliphatic rings. The molecule has 0 amide bonds. The third-order valence-electron chi connectivity index (χ3n) is 9.59. The SMILES string of the molecule is C=CCO[C@]1(C)C[C@@H](C)C(=O)[C@H](C)[C@@H](O)[C@](C)(O)[C@@H](CC)OC(=O)[C@H](C)[C@@H](O)[C@H](C)[C@H]1O[C@@H]1O[C@H](C)C[C@H](N(C)C)[C@H]1O. The van der Waals surface area contributed by atoms with E-state index in [9.17, 15) is 30.0 Å². The van der Waals surface area contributed by atoms with Crippen LogP contribution in [0.1, 0.15) is 74.7 Å². The summed E-state index contributed by atoms with van der Waals surface area (Å²) in [6.07, 6.45) is -4.90. The molecule has 2 heterocycles. The fraction of sp³-hybridized carbons (Fsp3) is 0.875. The molecular weight excluding hydrogens is 558 g/mol. The lowest BCUT2D eigenvalue weighted by Gasteiger charge is -2.48. The molecule has 11 nitrogen and oxygen atoms in total. The molecule has 250 valence electrons. The first-order valence-corrected chi connectivity index (χ1v) is 15.6. The van der Waals surface area contributed by atoms with Gasteiger partial charge in [0.25, 0.3) is 0 Å². The van der Waals surface area contributed by atoms with Crippen LogP contribution in [0.5, 0.6) is 0 Å². The highest BCUT2D eigenvalue weighted by Crippen LogP contribution is 2.39. The second-order valence-corrected chi connectivity index (χ2v) is 13.5. The lowest BCUT2D eigenvalue weighted by atomic mass is 9.74. The molecule has 43 heavy (non-hydrogen) atoms. The van der Waals surface area contributed by atoms with E-state index in [1.807, 2.05) is 25.9 Å². The first-order chi connectivity index (χ1) is 19.8. The van der Waals surface area contributed by atoms with Crippen molar-refractivity contribution >= 4 is 11.8 Å². The van der Waals surface area contributed by atoms with Gasteiger partial charge in [0.05, 0.1) is 42.5 Å². The van der Waals surface area contributed by atoms with Gasteiger partial charge in [0.15, 0.2) is 6.29 Å². The molecule has 0 aromatic rings. The predicted molar refractivity (Wildman–Crippen MR) is 161 cm³/mol. The molecular formula is C32H57NO10. The zero-order chi connectivity index (χ0) is 33.0. The number of ether oxygens (including phenoxy) is 4. The van der Waals surface area contributed by atoms with E-state index in [2.05, 4.69) is 6.58 Å². The highest BCUT2D eigenvalue weighted by molar-refractivity contribution is 5.83. The molecule has 0 unspecified atom stereocenters. The van der Waals surface area contributed by atoms with Crippen molar-refractivity contribution in [3.63, 3.8) is 0 Å². The number of nitrogens with zero attached hydrogens (tertiary/aromatic N) is 1. The number of aliphatic hydroxyl groups excluding tert-OH is 3. The highest BCUT2D eigenvalue weighted by atomic mass is 16.7. The van der Waals surface area contributed by atoms with Gasteiger partial charge >= 0.3 is 5.97 Å². The van der Waals surface area contributed by atoms with E-state index in [0.717, 1.165) is 0 Å². The zero-order valence-electron chi connectivity index (χ0n) is 27.7. The number of esters is 1. The quantitative estimate of drug-likeness (QED) is 0.246. The van der Waals surface area contributed by atoms with Crippen LogP contribution >= 0.6 is 0 Å². The van der Waals surface area contributed by atoms with Crippen LogP contribution in [-0.2, 0) is 28.5 Å². The number of hydrogen-bond donors (Lipinski definition) is 4. The van der Waals surface area contributed by atoms with Crippen molar-refractivity contribution in [2.75, 3.05) is 20.7 Å². The van der Waals surface area contributed by atoms with E-state index in [0.29, 0.717) is 6.42 Å². The predicted octanol–water partition coefficient (Wildman–Crippen LogP) is 2.07. The Morgan fingerprint density at radius 3 is 2.19 bits per heavy atom. The lowest BCUT2D eigenvalue weighted by Crippen LogP contribution is -2.60. The van der Waals surface area contributed by atoms with E-state index in [4.69, 9.17) is 18.9 Å². The molecule has 4 N–H and O–H groups in total. The van der Waals surface area contributed by atoms with Gasteiger partial charge in [-0.2, -0.15) is 0 Å². The number of Topliss-reactive ketones (excluding diaryl/α,β-unsaturated/α-hetero) is 1. The summed E-state index contributed by atoms with van der Waals surface area (Å²) in [6, 6.07) is -0.261. The van der Waals surface area contributed by atoms with Gasteiger partial charge in [0, 0.05) is 23.8 Å². The topological polar surface area (TPSA) is 155 Å². The number of aliphatic hydroxyl groups is 4. The van der Waals surface area contributed by atoms with Gasteiger partial charge in [-0.25, -0.2) is 0 Å². The van der Waals surface area contributed by atoms with Crippen LogP contribution in [0.2, 0.25) is 0 Å². The Morgan fingerprint density at radius 1 is 1.05 bits per heavy atom. The summed E-state index contributed by atoms with van der Waals surface area (Å²) in [6.45, 7) is 17.1. The number of cyclic esters (lactones) is 1. The van der Waals surface area contributed by atoms with Crippen LogP contribution in [0.15, 0.2) is 12.7 Å². The minimum atomic E-state index is -1.93. The van der Waals surface area contributed by atoms with E-state index in [-0.39, 0.29) is 37.4 Å². The Kier molecular flexibility index (Phi) is 13.4. The summed E-state index contributed by atoms with van der Waals surface area (Å²) >= 11 is 0. The fourth-order valence-corrected chi connectivity index (χ4v) is 6.78. The van der Waals surface area contributed by atoms with Crippen molar-refractivity contribution < 1.29 is 49.0 Å². The maximum Gasteiger partial charge on any atom is 0.311 e. The third kappa shape index (κ3) is 8.43. The van der Waals surface area contributed by atoms with Crippen LogP contribution in [0.4, 0.5) is 0 Å². The summed E-state index contributed by atoms with van der Waals surface area (Å²) in [5, 5.41) is 45.4. The Labute approximate surface area is 257 Å². The highest BCUT2D eigenvalue weighted by Gasteiger charge is 2.52. The summed E-state index contributed by atoms with van der Waals surface area (Å²) in [7, 11) is 3.73. The molecule has 14 atom stereocenters. The van der Waals surface area contributed by atoms with Gasteiger partial charge in [-0.05, 0) is 61.1 Å². The molecule has 2 rings (SSSR count). The Balaban J connectivity index is 2.67. The molecule has 0 aromatic heterocycles.